The Morgan fingerprint density at radius 2 is 1.95 bits per heavy atom. The van der Waals surface area contributed by atoms with Crippen molar-refractivity contribution in [1.82, 2.24) is 15.1 Å². The lowest BCUT2D eigenvalue weighted by Crippen LogP contribution is -2.43. The lowest BCUT2D eigenvalue weighted by Gasteiger charge is -2.39. The van der Waals surface area contributed by atoms with E-state index in [9.17, 15) is 0 Å². The van der Waals surface area contributed by atoms with E-state index in [0.717, 1.165) is 24.8 Å². The molecule has 1 heterocycles. The van der Waals surface area contributed by atoms with Crippen LogP contribution in [0.2, 0.25) is 0 Å². The molecule has 0 aliphatic heterocycles. The lowest BCUT2D eigenvalue weighted by atomic mass is 9.77. The molecule has 3 unspecified atom stereocenters. The molecule has 0 amide bonds. The Labute approximate surface area is 130 Å². The molecule has 1 aliphatic rings. The van der Waals surface area contributed by atoms with Crippen molar-refractivity contribution in [3.8, 4) is 0 Å². The van der Waals surface area contributed by atoms with E-state index >= 15 is 0 Å². The van der Waals surface area contributed by atoms with Crippen LogP contribution >= 0.6 is 0 Å². The molecule has 3 heteroatoms. The minimum Gasteiger partial charge on any atom is -0.312 e. The molecule has 2 rings (SSSR count). The maximum atomic E-state index is 4.91. The van der Waals surface area contributed by atoms with Gasteiger partial charge < -0.3 is 5.32 Å². The molecule has 21 heavy (non-hydrogen) atoms. The zero-order chi connectivity index (χ0) is 15.6. The predicted octanol–water partition coefficient (Wildman–Crippen LogP) is 4.04. The van der Waals surface area contributed by atoms with E-state index in [2.05, 4.69) is 51.5 Å². The lowest BCUT2D eigenvalue weighted by molar-refractivity contribution is 0.162. The van der Waals surface area contributed by atoms with E-state index in [1.165, 1.54) is 36.2 Å². The normalized spacial score (nSPS) is 26.5. The van der Waals surface area contributed by atoms with Gasteiger partial charge in [0, 0.05) is 11.7 Å². The molecule has 0 saturated heterocycles. The van der Waals surface area contributed by atoms with Gasteiger partial charge in [-0.3, -0.25) is 4.68 Å². The predicted molar refractivity (Wildman–Crippen MR) is 89.8 cm³/mol. The highest BCUT2D eigenvalue weighted by Crippen LogP contribution is 2.37. The van der Waals surface area contributed by atoms with Crippen LogP contribution in [0.4, 0.5) is 0 Å². The van der Waals surface area contributed by atoms with Crippen LogP contribution in [0.3, 0.4) is 0 Å². The summed E-state index contributed by atoms with van der Waals surface area (Å²) in [6.45, 7) is 14.6. The summed E-state index contributed by atoms with van der Waals surface area (Å²) >= 11 is 0. The van der Waals surface area contributed by atoms with Crippen LogP contribution in [0.25, 0.3) is 0 Å². The number of aryl methyl sites for hydroxylation is 1. The van der Waals surface area contributed by atoms with E-state index in [1.54, 1.807) is 0 Å². The minimum absolute atomic E-state index is 0.519. The third kappa shape index (κ3) is 3.33. The standard InChI is InChI=1S/C18H33N3/c1-7-16-13(5)20-21(14(16)6)18-11-15(12(3)4)9-10-17(18)19-8-2/h12,15,17-19H,7-11H2,1-6H3. The van der Waals surface area contributed by atoms with Gasteiger partial charge in [-0.2, -0.15) is 5.10 Å². The molecule has 1 aromatic heterocycles. The Kier molecular flexibility index (Phi) is 5.48. The average Bonchev–Trinajstić information content (AvgIpc) is 2.74. The fourth-order valence-corrected chi connectivity index (χ4v) is 4.09. The van der Waals surface area contributed by atoms with Gasteiger partial charge in [-0.05, 0) is 63.5 Å². The molecule has 0 bridgehead atoms. The Balaban J connectivity index is 2.31. The third-order valence-electron chi connectivity index (χ3n) is 5.41. The second-order valence-corrected chi connectivity index (χ2v) is 7.00. The average molecular weight is 291 g/mol. The molecule has 1 N–H and O–H groups in total. The van der Waals surface area contributed by atoms with Crippen molar-refractivity contribution >= 4 is 0 Å². The van der Waals surface area contributed by atoms with Gasteiger partial charge in [-0.1, -0.05) is 27.7 Å². The summed E-state index contributed by atoms with van der Waals surface area (Å²) in [5, 5.41) is 8.61. The second kappa shape index (κ2) is 6.95. The first-order valence-electron chi connectivity index (χ1n) is 8.77. The van der Waals surface area contributed by atoms with E-state index in [1.807, 2.05) is 0 Å². The molecular formula is C18H33N3. The summed E-state index contributed by atoms with van der Waals surface area (Å²) in [6.07, 6.45) is 4.98. The van der Waals surface area contributed by atoms with Crippen molar-refractivity contribution in [3.05, 3.63) is 17.0 Å². The monoisotopic (exact) mass is 291 g/mol. The van der Waals surface area contributed by atoms with E-state index in [4.69, 9.17) is 5.10 Å². The zero-order valence-corrected chi connectivity index (χ0v) is 14.7. The number of hydrogen-bond acceptors (Lipinski definition) is 2. The van der Waals surface area contributed by atoms with Gasteiger partial charge in [-0.25, -0.2) is 0 Å². The molecule has 1 aromatic rings. The first-order valence-corrected chi connectivity index (χ1v) is 8.77. The van der Waals surface area contributed by atoms with E-state index in [-0.39, 0.29) is 0 Å². The highest BCUT2D eigenvalue weighted by atomic mass is 15.3. The Hall–Kier alpha value is -0.830. The third-order valence-corrected chi connectivity index (χ3v) is 5.41. The topological polar surface area (TPSA) is 29.9 Å². The Morgan fingerprint density at radius 1 is 1.24 bits per heavy atom. The van der Waals surface area contributed by atoms with Gasteiger partial charge in [0.1, 0.15) is 0 Å². The Morgan fingerprint density at radius 3 is 2.48 bits per heavy atom. The van der Waals surface area contributed by atoms with Crippen molar-refractivity contribution in [2.24, 2.45) is 11.8 Å². The molecule has 0 spiro atoms. The maximum Gasteiger partial charge on any atom is 0.0678 e. The van der Waals surface area contributed by atoms with Crippen molar-refractivity contribution in [3.63, 3.8) is 0 Å². The van der Waals surface area contributed by atoms with Crippen LogP contribution in [-0.2, 0) is 6.42 Å². The maximum absolute atomic E-state index is 4.91. The van der Waals surface area contributed by atoms with Crippen LogP contribution in [-0.4, -0.2) is 22.4 Å². The van der Waals surface area contributed by atoms with Gasteiger partial charge in [-0.15, -0.1) is 0 Å². The first-order chi connectivity index (χ1) is 9.99. The molecule has 1 aliphatic carbocycles. The minimum atomic E-state index is 0.519. The summed E-state index contributed by atoms with van der Waals surface area (Å²) < 4.78 is 2.34. The summed E-state index contributed by atoms with van der Waals surface area (Å²) in [7, 11) is 0. The van der Waals surface area contributed by atoms with E-state index < -0.39 is 0 Å². The zero-order valence-electron chi connectivity index (χ0n) is 14.7. The fraction of sp³-hybridized carbons (Fsp3) is 0.833. The number of hydrogen-bond donors (Lipinski definition) is 1. The smallest absolute Gasteiger partial charge is 0.0678 e. The molecular weight excluding hydrogens is 258 g/mol. The van der Waals surface area contributed by atoms with Gasteiger partial charge in [0.25, 0.3) is 0 Å². The van der Waals surface area contributed by atoms with Crippen LogP contribution in [0.5, 0.6) is 0 Å². The van der Waals surface area contributed by atoms with Gasteiger partial charge in [0.2, 0.25) is 0 Å². The van der Waals surface area contributed by atoms with Crippen LogP contribution in [0.1, 0.15) is 70.0 Å². The quantitative estimate of drug-likeness (QED) is 0.887. The molecule has 1 fully saturated rings. The first kappa shape index (κ1) is 16.5. The molecule has 120 valence electrons. The van der Waals surface area contributed by atoms with Gasteiger partial charge in [0.15, 0.2) is 0 Å². The summed E-state index contributed by atoms with van der Waals surface area (Å²) in [4.78, 5) is 0. The summed E-state index contributed by atoms with van der Waals surface area (Å²) in [5.41, 5.74) is 4.04. The van der Waals surface area contributed by atoms with Crippen LogP contribution in [0, 0.1) is 25.7 Å². The van der Waals surface area contributed by atoms with Gasteiger partial charge in [0.05, 0.1) is 11.7 Å². The number of aromatic nitrogens is 2. The molecule has 3 atom stereocenters. The van der Waals surface area contributed by atoms with Crippen molar-refractivity contribution in [1.29, 1.82) is 0 Å². The number of likely N-dealkylation sites (N-methyl/N-ethyl adjacent to an activating group) is 1. The van der Waals surface area contributed by atoms with E-state index in [0.29, 0.717) is 12.1 Å². The molecule has 3 nitrogen and oxygen atoms in total. The number of nitrogens with one attached hydrogen (secondary N) is 1. The highest BCUT2D eigenvalue weighted by Gasteiger charge is 2.34. The molecule has 1 saturated carbocycles. The van der Waals surface area contributed by atoms with Crippen molar-refractivity contribution < 1.29 is 0 Å². The fourth-order valence-electron chi connectivity index (χ4n) is 4.09. The van der Waals surface area contributed by atoms with Gasteiger partial charge >= 0.3 is 0 Å². The summed E-state index contributed by atoms with van der Waals surface area (Å²) in [6, 6.07) is 1.10. The SMILES string of the molecule is CCNC1CCC(C(C)C)CC1n1nc(C)c(CC)c1C. The highest BCUT2D eigenvalue weighted by molar-refractivity contribution is 5.25. The molecule has 0 aromatic carbocycles. The Bertz CT molecular complexity index is 461. The molecule has 0 radical (unpaired) electrons. The van der Waals surface area contributed by atoms with Crippen LogP contribution in [0.15, 0.2) is 0 Å². The second-order valence-electron chi connectivity index (χ2n) is 7.00. The van der Waals surface area contributed by atoms with Crippen molar-refractivity contribution in [2.75, 3.05) is 6.54 Å². The largest absolute Gasteiger partial charge is 0.312 e. The number of rotatable bonds is 5. The van der Waals surface area contributed by atoms with Crippen LogP contribution < -0.4 is 5.32 Å². The number of nitrogens with zero attached hydrogens (tertiary/aromatic N) is 2. The summed E-state index contributed by atoms with van der Waals surface area (Å²) in [5.74, 6) is 1.61. The van der Waals surface area contributed by atoms with Crippen molar-refractivity contribution in [2.45, 2.75) is 79.3 Å².